The minimum Gasteiger partial charge on any atom is -0.397 e. The quantitative estimate of drug-likeness (QED) is 0.837. The molecule has 3 N–H and O–H groups in total. The predicted molar refractivity (Wildman–Crippen MR) is 75.2 cm³/mol. The molecule has 0 saturated heterocycles. The molecule has 18 heavy (non-hydrogen) atoms. The lowest BCUT2D eigenvalue weighted by Gasteiger charge is -2.18. The Morgan fingerprint density at radius 3 is 2.28 bits per heavy atom. The molecule has 1 rings (SSSR count). The van der Waals surface area contributed by atoms with Gasteiger partial charge < -0.3 is 5.73 Å². The Kier molecular flexibility index (Phi) is 4.64. The van der Waals surface area contributed by atoms with Crippen molar-refractivity contribution < 1.29 is 8.42 Å². The van der Waals surface area contributed by atoms with Gasteiger partial charge in [0.1, 0.15) is 0 Å². The third-order valence-electron chi connectivity index (χ3n) is 2.91. The molecule has 0 aromatic heterocycles. The molecule has 0 saturated carbocycles. The first-order chi connectivity index (χ1) is 8.15. The molecule has 0 radical (unpaired) electrons. The van der Waals surface area contributed by atoms with Gasteiger partial charge in [-0.15, -0.1) is 0 Å². The minimum atomic E-state index is -3.55. The molecule has 1 aromatic carbocycles. The number of rotatable bonds is 4. The number of hydrogen-bond donors (Lipinski definition) is 2. The van der Waals surface area contributed by atoms with E-state index in [4.69, 9.17) is 17.3 Å². The first-order valence-electron chi connectivity index (χ1n) is 5.73. The van der Waals surface area contributed by atoms with Crippen molar-refractivity contribution in [3.8, 4) is 0 Å². The van der Waals surface area contributed by atoms with Gasteiger partial charge >= 0.3 is 0 Å². The van der Waals surface area contributed by atoms with E-state index in [0.717, 1.165) is 0 Å². The number of sulfonamides is 1. The first kappa shape index (κ1) is 15.3. The molecular weight excluding hydrogens is 272 g/mol. The van der Waals surface area contributed by atoms with Gasteiger partial charge in [0, 0.05) is 6.04 Å². The van der Waals surface area contributed by atoms with Crippen molar-refractivity contribution in [3.63, 3.8) is 0 Å². The number of nitrogen functional groups attached to an aromatic ring is 1. The summed E-state index contributed by atoms with van der Waals surface area (Å²) < 4.78 is 26.9. The Labute approximate surface area is 114 Å². The number of halogens is 1. The van der Waals surface area contributed by atoms with Crippen LogP contribution in [0.25, 0.3) is 0 Å². The van der Waals surface area contributed by atoms with Gasteiger partial charge in [-0.25, -0.2) is 13.1 Å². The fraction of sp³-hybridized carbons (Fsp3) is 0.500. The third-order valence-corrected chi connectivity index (χ3v) is 4.96. The normalized spacial score (nSPS) is 13.9. The van der Waals surface area contributed by atoms with Gasteiger partial charge in [0.25, 0.3) is 0 Å². The maximum atomic E-state index is 12.2. The summed E-state index contributed by atoms with van der Waals surface area (Å²) in [5, 5.41) is 0.394. The van der Waals surface area contributed by atoms with E-state index >= 15 is 0 Å². The molecule has 1 unspecified atom stereocenters. The zero-order valence-corrected chi connectivity index (χ0v) is 12.6. The second-order valence-electron chi connectivity index (χ2n) is 4.80. The molecule has 0 aliphatic heterocycles. The van der Waals surface area contributed by atoms with E-state index in [0.29, 0.717) is 10.6 Å². The van der Waals surface area contributed by atoms with Crippen molar-refractivity contribution in [2.24, 2.45) is 5.92 Å². The summed E-state index contributed by atoms with van der Waals surface area (Å²) in [6, 6.07) is 2.76. The smallest absolute Gasteiger partial charge is 0.240 e. The molecule has 0 spiro atoms. The lowest BCUT2D eigenvalue weighted by Crippen LogP contribution is -2.36. The summed E-state index contributed by atoms with van der Waals surface area (Å²) in [6.45, 7) is 7.46. The van der Waals surface area contributed by atoms with E-state index < -0.39 is 10.0 Å². The van der Waals surface area contributed by atoms with Crippen LogP contribution in [0.15, 0.2) is 17.0 Å². The van der Waals surface area contributed by atoms with Crippen LogP contribution < -0.4 is 10.5 Å². The topological polar surface area (TPSA) is 72.2 Å². The van der Waals surface area contributed by atoms with Crippen molar-refractivity contribution >= 4 is 27.3 Å². The Morgan fingerprint density at radius 2 is 1.83 bits per heavy atom. The van der Waals surface area contributed by atoms with Crippen LogP contribution in [0.4, 0.5) is 5.69 Å². The van der Waals surface area contributed by atoms with E-state index in [1.54, 1.807) is 6.92 Å². The van der Waals surface area contributed by atoms with Crippen LogP contribution >= 0.6 is 11.6 Å². The predicted octanol–water partition coefficient (Wildman–Crippen LogP) is 2.55. The number of anilines is 1. The van der Waals surface area contributed by atoms with Crippen LogP contribution in [-0.4, -0.2) is 14.5 Å². The van der Waals surface area contributed by atoms with Crippen LogP contribution in [0.5, 0.6) is 0 Å². The van der Waals surface area contributed by atoms with E-state index in [1.165, 1.54) is 12.1 Å². The van der Waals surface area contributed by atoms with E-state index in [1.807, 2.05) is 20.8 Å². The highest BCUT2D eigenvalue weighted by molar-refractivity contribution is 7.89. The molecule has 0 aliphatic rings. The molecular formula is C12H19ClN2O2S. The second-order valence-corrected chi connectivity index (χ2v) is 6.89. The summed E-state index contributed by atoms with van der Waals surface area (Å²) >= 11 is 5.92. The maximum absolute atomic E-state index is 12.2. The number of hydrogen-bond acceptors (Lipinski definition) is 3. The number of nitrogens with two attached hydrogens (primary N) is 1. The van der Waals surface area contributed by atoms with Crippen molar-refractivity contribution in [2.45, 2.75) is 38.6 Å². The number of benzene rings is 1. The summed E-state index contributed by atoms with van der Waals surface area (Å²) in [4.78, 5) is 0.148. The van der Waals surface area contributed by atoms with Crippen molar-refractivity contribution in [3.05, 3.63) is 22.7 Å². The molecule has 0 aliphatic carbocycles. The summed E-state index contributed by atoms with van der Waals surface area (Å²) in [5.41, 5.74) is 6.60. The molecule has 102 valence electrons. The zero-order chi connectivity index (χ0) is 14.1. The molecule has 0 fully saturated rings. The summed E-state index contributed by atoms with van der Waals surface area (Å²) in [7, 11) is -3.55. The summed E-state index contributed by atoms with van der Waals surface area (Å²) in [5.74, 6) is 0.213. The average Bonchev–Trinajstić information content (AvgIpc) is 2.24. The Balaban J connectivity index is 3.14. The first-order valence-corrected chi connectivity index (χ1v) is 7.59. The van der Waals surface area contributed by atoms with Gasteiger partial charge in [-0.1, -0.05) is 25.4 Å². The zero-order valence-electron chi connectivity index (χ0n) is 11.0. The van der Waals surface area contributed by atoms with Crippen LogP contribution in [0.2, 0.25) is 5.02 Å². The van der Waals surface area contributed by atoms with E-state index in [-0.39, 0.29) is 22.5 Å². The monoisotopic (exact) mass is 290 g/mol. The fourth-order valence-electron chi connectivity index (χ4n) is 1.37. The van der Waals surface area contributed by atoms with Crippen LogP contribution in [0, 0.1) is 12.8 Å². The van der Waals surface area contributed by atoms with Crippen molar-refractivity contribution in [2.75, 3.05) is 5.73 Å². The Morgan fingerprint density at radius 1 is 1.28 bits per heavy atom. The standard InChI is InChI=1S/C12H19ClN2O2S/c1-7(2)9(4)15-18(16,17)10-5-8(3)12(13)11(14)6-10/h5-7,9,15H,14H2,1-4H3. The van der Waals surface area contributed by atoms with Gasteiger partial charge in [-0.2, -0.15) is 0 Å². The highest BCUT2D eigenvalue weighted by Crippen LogP contribution is 2.27. The van der Waals surface area contributed by atoms with Gasteiger partial charge in [-0.05, 0) is 37.5 Å². The van der Waals surface area contributed by atoms with Gasteiger partial charge in [0.15, 0.2) is 0 Å². The molecule has 1 atom stereocenters. The lowest BCUT2D eigenvalue weighted by atomic mass is 10.1. The van der Waals surface area contributed by atoms with E-state index in [9.17, 15) is 8.42 Å². The van der Waals surface area contributed by atoms with Gasteiger partial charge in [0.2, 0.25) is 10.0 Å². The van der Waals surface area contributed by atoms with Crippen molar-refractivity contribution in [1.29, 1.82) is 0 Å². The second kappa shape index (κ2) is 5.47. The number of nitrogens with one attached hydrogen (secondary N) is 1. The average molecular weight is 291 g/mol. The lowest BCUT2D eigenvalue weighted by molar-refractivity contribution is 0.476. The molecule has 0 bridgehead atoms. The van der Waals surface area contributed by atoms with Gasteiger partial charge in [0.05, 0.1) is 15.6 Å². The Hall–Kier alpha value is -0.780. The molecule has 0 amide bonds. The van der Waals surface area contributed by atoms with Crippen LogP contribution in [-0.2, 0) is 10.0 Å². The SMILES string of the molecule is Cc1cc(S(=O)(=O)NC(C)C(C)C)cc(N)c1Cl. The van der Waals surface area contributed by atoms with E-state index in [2.05, 4.69) is 4.72 Å². The minimum absolute atomic E-state index is 0.146. The maximum Gasteiger partial charge on any atom is 0.240 e. The highest BCUT2D eigenvalue weighted by Gasteiger charge is 2.20. The highest BCUT2D eigenvalue weighted by atomic mass is 35.5. The third kappa shape index (κ3) is 3.37. The molecule has 0 heterocycles. The molecule has 4 nitrogen and oxygen atoms in total. The Bertz CT molecular complexity index is 518. The summed E-state index contributed by atoms with van der Waals surface area (Å²) in [6.07, 6.45) is 0. The fourth-order valence-corrected chi connectivity index (χ4v) is 2.99. The molecule has 6 heteroatoms. The number of aryl methyl sites for hydroxylation is 1. The van der Waals surface area contributed by atoms with Crippen LogP contribution in [0.3, 0.4) is 0 Å². The largest absolute Gasteiger partial charge is 0.397 e. The van der Waals surface area contributed by atoms with Gasteiger partial charge in [-0.3, -0.25) is 0 Å². The molecule has 1 aromatic rings. The van der Waals surface area contributed by atoms with Crippen LogP contribution in [0.1, 0.15) is 26.3 Å². The van der Waals surface area contributed by atoms with Crippen molar-refractivity contribution in [1.82, 2.24) is 4.72 Å².